The number of benzene rings is 2. The highest BCUT2D eigenvalue weighted by Gasteiger charge is 2.40. The number of carbonyl (C=O) groups is 1. The van der Waals surface area contributed by atoms with Crippen molar-refractivity contribution in [1.82, 2.24) is 14.9 Å². The fourth-order valence-electron chi connectivity index (χ4n) is 4.78. The molecule has 1 aliphatic rings. The Morgan fingerprint density at radius 3 is 2.50 bits per heavy atom. The molecule has 1 aliphatic carbocycles. The van der Waals surface area contributed by atoms with Crippen LogP contribution in [0.2, 0.25) is 0 Å². The van der Waals surface area contributed by atoms with E-state index >= 15 is 0 Å². The Morgan fingerprint density at radius 1 is 1.00 bits per heavy atom. The Balaban J connectivity index is 1.58. The van der Waals surface area contributed by atoms with Gasteiger partial charge in [0.25, 0.3) is 5.91 Å². The number of anilines is 1. The highest BCUT2D eigenvalue weighted by molar-refractivity contribution is 6.11. The number of aromatic nitrogens is 2. The average Bonchev–Trinajstić information content (AvgIpc) is 3.24. The number of pyridine rings is 2. The highest BCUT2D eigenvalue weighted by atomic mass is 19.4. The molecule has 2 aromatic heterocycles. The number of carbonyl (C=O) groups excluding carboxylic acids is 1. The second-order valence-electron chi connectivity index (χ2n) is 8.66. The Morgan fingerprint density at radius 2 is 1.78 bits per heavy atom. The van der Waals surface area contributed by atoms with Crippen molar-refractivity contribution >= 4 is 33.4 Å². The van der Waals surface area contributed by atoms with E-state index < -0.39 is 36.4 Å². The molecule has 1 atom stereocenters. The zero-order chi connectivity index (χ0) is 25.8. The van der Waals surface area contributed by atoms with Gasteiger partial charge in [0.15, 0.2) is 0 Å². The van der Waals surface area contributed by atoms with Crippen molar-refractivity contribution in [2.24, 2.45) is 0 Å². The standard InChI is InChI=1S/C25H18F6N4O/c26-24(27,28)12-35(21-6-2-13-9-15(25(29,30)31)3-4-16(13)21)23(36)14-1-5-20-18(10-14)19-11-33-8-7-17(19)22(32)34-20/h1,3-5,7-11,21H,2,6,12H2,(H2,32,34). The van der Waals surface area contributed by atoms with Gasteiger partial charge in [-0.25, -0.2) is 4.98 Å². The zero-order valence-corrected chi connectivity index (χ0v) is 18.5. The Kier molecular flexibility index (Phi) is 5.53. The predicted octanol–water partition coefficient (Wildman–Crippen LogP) is 6.08. The molecule has 1 unspecified atom stereocenters. The molecule has 11 heteroatoms. The summed E-state index contributed by atoms with van der Waals surface area (Å²) < 4.78 is 80.0. The molecule has 2 N–H and O–H groups in total. The molecule has 1 amide bonds. The number of rotatable bonds is 3. The van der Waals surface area contributed by atoms with E-state index in [1.54, 1.807) is 6.07 Å². The van der Waals surface area contributed by atoms with Gasteiger partial charge in [0.1, 0.15) is 12.4 Å². The SMILES string of the molecule is Nc1nc2ccc(C(=O)N(CC(F)(F)F)C3CCc4cc(C(F)(F)F)ccc43)cc2c2cnccc12. The summed E-state index contributed by atoms with van der Waals surface area (Å²) in [6.45, 7) is -1.54. The number of halogens is 6. The van der Waals surface area contributed by atoms with Crippen molar-refractivity contribution in [3.05, 3.63) is 77.1 Å². The summed E-state index contributed by atoms with van der Waals surface area (Å²) >= 11 is 0. The molecule has 0 spiro atoms. The van der Waals surface area contributed by atoms with Crippen LogP contribution in [0.25, 0.3) is 21.7 Å². The monoisotopic (exact) mass is 504 g/mol. The van der Waals surface area contributed by atoms with E-state index in [0.717, 1.165) is 12.1 Å². The number of nitrogens with zero attached hydrogens (tertiary/aromatic N) is 3. The van der Waals surface area contributed by atoms with Crippen molar-refractivity contribution in [2.45, 2.75) is 31.2 Å². The zero-order valence-electron chi connectivity index (χ0n) is 18.5. The fourth-order valence-corrected chi connectivity index (χ4v) is 4.78. The largest absolute Gasteiger partial charge is 0.416 e. The van der Waals surface area contributed by atoms with Crippen LogP contribution < -0.4 is 5.73 Å². The predicted molar refractivity (Wildman–Crippen MR) is 121 cm³/mol. The normalized spacial score (nSPS) is 15.9. The Hall–Kier alpha value is -3.89. The molecule has 0 radical (unpaired) electrons. The number of hydrogen-bond acceptors (Lipinski definition) is 4. The summed E-state index contributed by atoms with van der Waals surface area (Å²) in [5.74, 6) is -0.640. The van der Waals surface area contributed by atoms with Crippen LogP contribution in [0, 0.1) is 0 Å². The van der Waals surface area contributed by atoms with E-state index in [2.05, 4.69) is 9.97 Å². The number of alkyl halides is 6. The summed E-state index contributed by atoms with van der Waals surface area (Å²) in [6, 6.07) is 7.87. The molecule has 2 aromatic carbocycles. The molecule has 2 heterocycles. The van der Waals surface area contributed by atoms with Crippen molar-refractivity contribution in [3.8, 4) is 0 Å². The summed E-state index contributed by atoms with van der Waals surface area (Å²) in [5, 5.41) is 1.66. The molecule has 0 fully saturated rings. The third kappa shape index (κ3) is 4.29. The van der Waals surface area contributed by atoms with Crippen LogP contribution >= 0.6 is 0 Å². The van der Waals surface area contributed by atoms with Crippen LogP contribution in [0.15, 0.2) is 54.9 Å². The third-order valence-electron chi connectivity index (χ3n) is 6.37. The minimum absolute atomic E-state index is 0.0103. The average molecular weight is 504 g/mol. The molecular weight excluding hydrogens is 486 g/mol. The van der Waals surface area contributed by atoms with Gasteiger partial charge in [0.2, 0.25) is 0 Å². The molecule has 0 bridgehead atoms. The van der Waals surface area contributed by atoms with Crippen molar-refractivity contribution in [3.63, 3.8) is 0 Å². The third-order valence-corrected chi connectivity index (χ3v) is 6.37. The van der Waals surface area contributed by atoms with Gasteiger partial charge >= 0.3 is 12.4 Å². The van der Waals surface area contributed by atoms with E-state index in [-0.39, 0.29) is 35.3 Å². The van der Waals surface area contributed by atoms with Gasteiger partial charge in [-0.1, -0.05) is 6.07 Å². The van der Waals surface area contributed by atoms with Crippen LogP contribution in [-0.2, 0) is 12.6 Å². The number of nitrogens with two attached hydrogens (primary N) is 1. The summed E-state index contributed by atoms with van der Waals surface area (Å²) in [5.41, 5.74) is 6.11. The summed E-state index contributed by atoms with van der Waals surface area (Å²) in [4.78, 5) is 22.5. The van der Waals surface area contributed by atoms with E-state index in [9.17, 15) is 31.1 Å². The molecule has 4 aromatic rings. The minimum atomic E-state index is -4.71. The number of amides is 1. The van der Waals surface area contributed by atoms with Gasteiger partial charge in [0, 0.05) is 34.1 Å². The Bertz CT molecular complexity index is 1500. The first-order valence-electron chi connectivity index (χ1n) is 10.9. The highest BCUT2D eigenvalue weighted by Crippen LogP contribution is 2.41. The molecule has 0 saturated heterocycles. The van der Waals surface area contributed by atoms with Crippen LogP contribution in [-0.4, -0.2) is 33.5 Å². The Labute approximate surface area is 200 Å². The fraction of sp³-hybridized carbons (Fsp3) is 0.240. The van der Waals surface area contributed by atoms with Gasteiger partial charge in [-0.15, -0.1) is 0 Å². The van der Waals surface area contributed by atoms with E-state index in [0.29, 0.717) is 26.6 Å². The molecule has 5 nitrogen and oxygen atoms in total. The van der Waals surface area contributed by atoms with Crippen LogP contribution in [0.1, 0.15) is 39.5 Å². The summed E-state index contributed by atoms with van der Waals surface area (Å²) in [6.07, 6.45) is -6.03. The van der Waals surface area contributed by atoms with Crippen molar-refractivity contribution in [1.29, 1.82) is 0 Å². The number of aryl methyl sites for hydroxylation is 1. The lowest BCUT2D eigenvalue weighted by atomic mass is 10.0. The molecule has 5 rings (SSSR count). The van der Waals surface area contributed by atoms with E-state index in [1.807, 2.05) is 0 Å². The number of fused-ring (bicyclic) bond motifs is 4. The minimum Gasteiger partial charge on any atom is -0.383 e. The van der Waals surface area contributed by atoms with E-state index in [1.165, 1.54) is 36.7 Å². The molecule has 186 valence electrons. The van der Waals surface area contributed by atoms with Crippen molar-refractivity contribution < 1.29 is 31.1 Å². The lowest BCUT2D eigenvalue weighted by Gasteiger charge is -2.31. The van der Waals surface area contributed by atoms with Crippen LogP contribution in [0.3, 0.4) is 0 Å². The lowest BCUT2D eigenvalue weighted by Crippen LogP contribution is -2.41. The van der Waals surface area contributed by atoms with Crippen LogP contribution in [0.4, 0.5) is 32.2 Å². The molecule has 0 saturated carbocycles. The van der Waals surface area contributed by atoms with E-state index in [4.69, 9.17) is 5.73 Å². The summed E-state index contributed by atoms with van der Waals surface area (Å²) in [7, 11) is 0. The quantitative estimate of drug-likeness (QED) is 0.271. The lowest BCUT2D eigenvalue weighted by molar-refractivity contribution is -0.144. The maximum absolute atomic E-state index is 13.6. The molecule has 0 aliphatic heterocycles. The van der Waals surface area contributed by atoms with Gasteiger partial charge in [0.05, 0.1) is 17.1 Å². The number of hydrogen-bond donors (Lipinski definition) is 1. The first-order chi connectivity index (χ1) is 16.9. The van der Waals surface area contributed by atoms with Crippen molar-refractivity contribution in [2.75, 3.05) is 12.3 Å². The molecular formula is C25H18F6N4O. The first kappa shape index (κ1) is 23.8. The maximum atomic E-state index is 13.6. The molecule has 36 heavy (non-hydrogen) atoms. The van der Waals surface area contributed by atoms with Gasteiger partial charge in [-0.3, -0.25) is 9.78 Å². The van der Waals surface area contributed by atoms with Crippen LogP contribution in [0.5, 0.6) is 0 Å². The first-order valence-corrected chi connectivity index (χ1v) is 10.9. The van der Waals surface area contributed by atoms with Gasteiger partial charge in [-0.2, -0.15) is 26.3 Å². The topological polar surface area (TPSA) is 72.1 Å². The van der Waals surface area contributed by atoms with Gasteiger partial charge in [-0.05, 0) is 60.4 Å². The maximum Gasteiger partial charge on any atom is 0.416 e. The smallest absolute Gasteiger partial charge is 0.383 e. The number of nitrogen functional groups attached to an aromatic ring is 1. The second-order valence-corrected chi connectivity index (χ2v) is 8.66. The van der Waals surface area contributed by atoms with Gasteiger partial charge < -0.3 is 10.6 Å². The second kappa shape index (κ2) is 8.35.